The summed E-state index contributed by atoms with van der Waals surface area (Å²) in [7, 11) is 0. The van der Waals surface area contributed by atoms with Gasteiger partial charge in [-0.1, -0.05) is 41.9 Å². The molecule has 3 rings (SSSR count). The largest absolute Gasteiger partial charge is 0.465 e. The maximum Gasteiger partial charge on any atom is 0.199 e. The number of hydrogen-bond acceptors (Lipinski definition) is 2. The van der Waals surface area contributed by atoms with Crippen LogP contribution in [0.2, 0.25) is 5.02 Å². The Labute approximate surface area is 130 Å². The molecule has 0 saturated carbocycles. The van der Waals surface area contributed by atoms with E-state index in [1.54, 1.807) is 0 Å². The highest BCUT2D eigenvalue weighted by Crippen LogP contribution is 2.25. The van der Waals surface area contributed by atoms with Crippen molar-refractivity contribution in [1.29, 1.82) is 0 Å². The van der Waals surface area contributed by atoms with Gasteiger partial charge in [0.1, 0.15) is 5.75 Å². The van der Waals surface area contributed by atoms with Crippen LogP contribution in [0, 0.1) is 0 Å². The number of hydrogen-bond donors (Lipinski definition) is 0. The fraction of sp³-hybridized carbons (Fsp3) is 0.333. The molecule has 1 fully saturated rings. The highest BCUT2D eigenvalue weighted by molar-refractivity contribution is 6.30. The van der Waals surface area contributed by atoms with Crippen molar-refractivity contribution in [2.45, 2.75) is 32.0 Å². The van der Waals surface area contributed by atoms with Crippen LogP contribution in [-0.2, 0) is 11.2 Å². The van der Waals surface area contributed by atoms with E-state index in [0.29, 0.717) is 0 Å². The molecule has 21 heavy (non-hydrogen) atoms. The van der Waals surface area contributed by atoms with Gasteiger partial charge >= 0.3 is 0 Å². The van der Waals surface area contributed by atoms with Gasteiger partial charge in [0, 0.05) is 17.9 Å². The van der Waals surface area contributed by atoms with Gasteiger partial charge in [-0.15, -0.1) is 0 Å². The number of rotatable bonds is 4. The second kappa shape index (κ2) is 6.97. The summed E-state index contributed by atoms with van der Waals surface area (Å²) in [6.45, 7) is 0.796. The molecule has 1 atom stereocenters. The van der Waals surface area contributed by atoms with E-state index in [-0.39, 0.29) is 6.29 Å². The summed E-state index contributed by atoms with van der Waals surface area (Å²) in [6, 6.07) is 16.1. The van der Waals surface area contributed by atoms with E-state index >= 15 is 0 Å². The van der Waals surface area contributed by atoms with Crippen molar-refractivity contribution in [1.82, 2.24) is 0 Å². The third-order valence-corrected chi connectivity index (χ3v) is 3.93. The average Bonchev–Trinajstić information content (AvgIpc) is 2.52. The lowest BCUT2D eigenvalue weighted by Gasteiger charge is -2.24. The van der Waals surface area contributed by atoms with E-state index in [4.69, 9.17) is 21.1 Å². The second-order valence-electron chi connectivity index (χ2n) is 5.32. The zero-order valence-electron chi connectivity index (χ0n) is 11.9. The zero-order chi connectivity index (χ0) is 14.5. The lowest BCUT2D eigenvalue weighted by Crippen LogP contribution is -2.25. The summed E-state index contributed by atoms with van der Waals surface area (Å²) >= 11 is 5.93. The SMILES string of the molecule is Clc1ccc(Cc2ccccc2O[C@@H]2CCCCO2)cc1. The van der Waals surface area contributed by atoms with E-state index in [1.165, 1.54) is 17.5 Å². The van der Waals surface area contributed by atoms with Crippen molar-refractivity contribution in [2.24, 2.45) is 0 Å². The highest BCUT2D eigenvalue weighted by Gasteiger charge is 2.16. The van der Waals surface area contributed by atoms with Crippen molar-refractivity contribution in [3.05, 3.63) is 64.7 Å². The van der Waals surface area contributed by atoms with Gasteiger partial charge in [-0.05, 0) is 42.2 Å². The molecule has 1 aliphatic rings. The normalized spacial score (nSPS) is 18.4. The van der Waals surface area contributed by atoms with Crippen LogP contribution in [0.5, 0.6) is 5.75 Å². The van der Waals surface area contributed by atoms with E-state index in [1.807, 2.05) is 30.3 Å². The molecule has 2 nitrogen and oxygen atoms in total. The molecule has 0 aromatic heterocycles. The molecule has 0 bridgehead atoms. The fourth-order valence-electron chi connectivity index (χ4n) is 2.53. The molecule has 2 aromatic rings. The number of benzene rings is 2. The minimum Gasteiger partial charge on any atom is -0.465 e. The third kappa shape index (κ3) is 3.99. The molecular weight excluding hydrogens is 284 g/mol. The standard InChI is InChI=1S/C18H19ClO2/c19-16-10-8-14(9-11-16)13-15-5-1-2-6-17(15)21-18-7-3-4-12-20-18/h1-2,5-6,8-11,18H,3-4,7,12-13H2/t18-/m1/s1. The average molecular weight is 303 g/mol. The molecule has 1 heterocycles. The molecule has 1 aliphatic heterocycles. The predicted octanol–water partition coefficient (Wildman–Crippen LogP) is 4.84. The monoisotopic (exact) mass is 302 g/mol. The first-order chi connectivity index (χ1) is 10.3. The topological polar surface area (TPSA) is 18.5 Å². The van der Waals surface area contributed by atoms with Gasteiger partial charge in [0.05, 0.1) is 6.61 Å². The molecule has 0 spiro atoms. The lowest BCUT2D eigenvalue weighted by atomic mass is 10.0. The van der Waals surface area contributed by atoms with Gasteiger partial charge < -0.3 is 9.47 Å². The zero-order valence-corrected chi connectivity index (χ0v) is 12.7. The Kier molecular flexibility index (Phi) is 4.79. The van der Waals surface area contributed by atoms with Gasteiger partial charge in [0.15, 0.2) is 6.29 Å². The second-order valence-corrected chi connectivity index (χ2v) is 5.76. The van der Waals surface area contributed by atoms with Crippen LogP contribution in [0.3, 0.4) is 0 Å². The quantitative estimate of drug-likeness (QED) is 0.805. The Morgan fingerprint density at radius 2 is 1.86 bits per heavy atom. The molecule has 0 amide bonds. The molecule has 0 radical (unpaired) electrons. The molecule has 0 N–H and O–H groups in total. The van der Waals surface area contributed by atoms with Crippen LogP contribution in [0.1, 0.15) is 30.4 Å². The van der Waals surface area contributed by atoms with E-state index in [2.05, 4.69) is 18.2 Å². The summed E-state index contributed by atoms with van der Waals surface area (Å²) in [5.41, 5.74) is 2.40. The Morgan fingerprint density at radius 1 is 1.05 bits per heavy atom. The van der Waals surface area contributed by atoms with Crippen molar-refractivity contribution < 1.29 is 9.47 Å². The Hall–Kier alpha value is -1.51. The molecule has 2 aromatic carbocycles. The first-order valence-electron chi connectivity index (χ1n) is 7.42. The summed E-state index contributed by atoms with van der Waals surface area (Å²) < 4.78 is 11.7. The number of ether oxygens (including phenoxy) is 2. The Bertz CT molecular complexity index is 574. The Morgan fingerprint density at radius 3 is 2.62 bits per heavy atom. The maximum absolute atomic E-state index is 6.03. The third-order valence-electron chi connectivity index (χ3n) is 3.68. The van der Waals surface area contributed by atoms with Crippen LogP contribution in [0.4, 0.5) is 0 Å². The molecule has 3 heteroatoms. The molecular formula is C18H19ClO2. The highest BCUT2D eigenvalue weighted by atomic mass is 35.5. The van der Waals surface area contributed by atoms with Crippen LogP contribution in [0.25, 0.3) is 0 Å². The van der Waals surface area contributed by atoms with Crippen molar-refractivity contribution in [3.63, 3.8) is 0 Å². The summed E-state index contributed by atoms with van der Waals surface area (Å²) in [4.78, 5) is 0. The van der Waals surface area contributed by atoms with Crippen molar-refractivity contribution in [2.75, 3.05) is 6.61 Å². The molecule has 1 saturated heterocycles. The fourth-order valence-corrected chi connectivity index (χ4v) is 2.66. The minimum atomic E-state index is -0.106. The molecule has 0 aliphatic carbocycles. The van der Waals surface area contributed by atoms with Crippen LogP contribution >= 0.6 is 11.6 Å². The molecule has 110 valence electrons. The van der Waals surface area contributed by atoms with Gasteiger partial charge in [0.25, 0.3) is 0 Å². The van der Waals surface area contributed by atoms with E-state index in [0.717, 1.165) is 36.6 Å². The first-order valence-corrected chi connectivity index (χ1v) is 7.80. The van der Waals surface area contributed by atoms with Gasteiger partial charge in [-0.3, -0.25) is 0 Å². The minimum absolute atomic E-state index is 0.106. The van der Waals surface area contributed by atoms with Crippen LogP contribution in [-0.4, -0.2) is 12.9 Å². The lowest BCUT2D eigenvalue weighted by molar-refractivity contribution is -0.106. The summed E-state index contributed by atoms with van der Waals surface area (Å²) in [5, 5.41) is 0.763. The van der Waals surface area contributed by atoms with Crippen LogP contribution < -0.4 is 4.74 Å². The first kappa shape index (κ1) is 14.4. The smallest absolute Gasteiger partial charge is 0.199 e. The number of para-hydroxylation sites is 1. The van der Waals surface area contributed by atoms with Gasteiger partial charge in [-0.2, -0.15) is 0 Å². The Balaban J connectivity index is 1.73. The molecule has 0 unspecified atom stereocenters. The van der Waals surface area contributed by atoms with E-state index < -0.39 is 0 Å². The predicted molar refractivity (Wildman–Crippen MR) is 84.9 cm³/mol. The van der Waals surface area contributed by atoms with Gasteiger partial charge in [0.2, 0.25) is 0 Å². The number of halogens is 1. The summed E-state index contributed by atoms with van der Waals surface area (Å²) in [5.74, 6) is 0.916. The van der Waals surface area contributed by atoms with Gasteiger partial charge in [-0.25, -0.2) is 0 Å². The van der Waals surface area contributed by atoms with Crippen molar-refractivity contribution >= 4 is 11.6 Å². The van der Waals surface area contributed by atoms with E-state index in [9.17, 15) is 0 Å². The summed E-state index contributed by atoms with van der Waals surface area (Å²) in [6.07, 6.45) is 4.00. The maximum atomic E-state index is 6.03. The van der Waals surface area contributed by atoms with Crippen molar-refractivity contribution in [3.8, 4) is 5.75 Å². The van der Waals surface area contributed by atoms with Crippen LogP contribution in [0.15, 0.2) is 48.5 Å².